The summed E-state index contributed by atoms with van der Waals surface area (Å²) in [5.74, 6) is 4.07. The lowest BCUT2D eigenvalue weighted by Crippen LogP contribution is -2.54. The van der Waals surface area contributed by atoms with Gasteiger partial charge in [-0.25, -0.2) is 0 Å². The molecular weight excluding hydrogens is 284 g/mol. The monoisotopic (exact) mass is 310 g/mol. The molecule has 0 aromatic carbocycles. The molecule has 6 rings (SSSR count). The SMILES string of the molecule is CC(NCc1nnc2ccccn12)C12CC3CC(CC(C3)C1)C2. The van der Waals surface area contributed by atoms with Crippen LogP contribution in [0, 0.1) is 23.2 Å². The Hall–Kier alpha value is -1.42. The minimum absolute atomic E-state index is 0.551. The van der Waals surface area contributed by atoms with Crippen molar-refractivity contribution in [2.45, 2.75) is 58.0 Å². The maximum Gasteiger partial charge on any atom is 0.160 e. The van der Waals surface area contributed by atoms with Crippen LogP contribution in [0.2, 0.25) is 0 Å². The number of rotatable bonds is 4. The number of hydrogen-bond acceptors (Lipinski definition) is 3. The van der Waals surface area contributed by atoms with Crippen molar-refractivity contribution in [3.63, 3.8) is 0 Å². The van der Waals surface area contributed by atoms with Crippen LogP contribution in [0.1, 0.15) is 51.3 Å². The van der Waals surface area contributed by atoms with Gasteiger partial charge < -0.3 is 5.32 Å². The van der Waals surface area contributed by atoms with Gasteiger partial charge >= 0.3 is 0 Å². The number of aromatic nitrogens is 3. The molecule has 0 saturated heterocycles. The van der Waals surface area contributed by atoms with Crippen LogP contribution in [-0.4, -0.2) is 20.6 Å². The highest BCUT2D eigenvalue weighted by Crippen LogP contribution is 2.61. The Morgan fingerprint density at radius 1 is 1.13 bits per heavy atom. The molecule has 4 heteroatoms. The molecule has 1 unspecified atom stereocenters. The van der Waals surface area contributed by atoms with Crippen LogP contribution in [0.25, 0.3) is 5.65 Å². The van der Waals surface area contributed by atoms with Crippen molar-refractivity contribution in [3.8, 4) is 0 Å². The van der Waals surface area contributed by atoms with E-state index in [1.54, 1.807) is 0 Å². The predicted octanol–water partition coefficient (Wildman–Crippen LogP) is 3.42. The standard InChI is InChI=1S/C19H26N4/c1-13(19-9-14-6-15(10-19)8-16(7-14)11-19)20-12-18-22-21-17-4-2-3-5-23(17)18/h2-5,13-16,20H,6-12H2,1H3. The van der Waals surface area contributed by atoms with Gasteiger partial charge in [-0.3, -0.25) is 4.40 Å². The fourth-order valence-corrected chi connectivity index (χ4v) is 6.18. The highest BCUT2D eigenvalue weighted by molar-refractivity contribution is 5.36. The summed E-state index contributed by atoms with van der Waals surface area (Å²) in [6.45, 7) is 3.23. The average molecular weight is 310 g/mol. The first-order chi connectivity index (χ1) is 11.2. The zero-order valence-electron chi connectivity index (χ0n) is 13.9. The van der Waals surface area contributed by atoms with Crippen molar-refractivity contribution in [2.75, 3.05) is 0 Å². The molecule has 2 aromatic heterocycles. The summed E-state index contributed by atoms with van der Waals surface area (Å²) < 4.78 is 2.10. The van der Waals surface area contributed by atoms with Crippen LogP contribution < -0.4 is 5.32 Å². The van der Waals surface area contributed by atoms with Gasteiger partial charge in [-0.05, 0) is 80.8 Å². The van der Waals surface area contributed by atoms with E-state index in [0.29, 0.717) is 11.5 Å². The van der Waals surface area contributed by atoms with Gasteiger partial charge in [-0.1, -0.05) is 6.07 Å². The van der Waals surface area contributed by atoms with E-state index in [-0.39, 0.29) is 0 Å². The lowest BCUT2D eigenvalue weighted by Gasteiger charge is -2.59. The van der Waals surface area contributed by atoms with E-state index in [1.165, 1.54) is 38.5 Å². The van der Waals surface area contributed by atoms with Crippen LogP contribution in [0.15, 0.2) is 24.4 Å². The molecule has 4 saturated carbocycles. The normalized spacial score (nSPS) is 36.7. The highest BCUT2D eigenvalue weighted by atomic mass is 15.3. The van der Waals surface area contributed by atoms with Gasteiger partial charge in [0.25, 0.3) is 0 Å². The third-order valence-corrected chi connectivity index (χ3v) is 6.95. The summed E-state index contributed by atoms with van der Waals surface area (Å²) in [5.41, 5.74) is 1.49. The summed E-state index contributed by atoms with van der Waals surface area (Å²) in [4.78, 5) is 0. The molecule has 1 atom stereocenters. The Labute approximate surface area is 137 Å². The molecular formula is C19H26N4. The van der Waals surface area contributed by atoms with Gasteiger partial charge in [0.2, 0.25) is 0 Å². The molecule has 1 N–H and O–H groups in total. The van der Waals surface area contributed by atoms with E-state index in [1.807, 2.05) is 18.2 Å². The number of hydrogen-bond donors (Lipinski definition) is 1. The summed E-state index contributed by atoms with van der Waals surface area (Å²) in [5, 5.41) is 12.4. The van der Waals surface area contributed by atoms with Gasteiger partial charge in [-0.15, -0.1) is 10.2 Å². The maximum atomic E-state index is 4.36. The molecule has 4 nitrogen and oxygen atoms in total. The first kappa shape index (κ1) is 14.0. The van der Waals surface area contributed by atoms with Crippen molar-refractivity contribution in [1.29, 1.82) is 0 Å². The zero-order chi connectivity index (χ0) is 15.4. The Kier molecular flexibility index (Phi) is 3.06. The second-order valence-electron chi connectivity index (χ2n) is 8.43. The van der Waals surface area contributed by atoms with Crippen LogP contribution in [0.3, 0.4) is 0 Å². The third-order valence-electron chi connectivity index (χ3n) is 6.95. The molecule has 4 bridgehead atoms. The lowest BCUT2D eigenvalue weighted by molar-refractivity contribution is -0.0707. The number of fused-ring (bicyclic) bond motifs is 1. The van der Waals surface area contributed by atoms with Crippen LogP contribution in [-0.2, 0) is 6.54 Å². The Bertz CT molecular complexity index is 684. The van der Waals surface area contributed by atoms with Crippen LogP contribution in [0.5, 0.6) is 0 Å². The van der Waals surface area contributed by atoms with E-state index >= 15 is 0 Å². The minimum Gasteiger partial charge on any atom is -0.307 e. The quantitative estimate of drug-likeness (QED) is 0.941. The van der Waals surface area contributed by atoms with Gasteiger partial charge in [0, 0.05) is 12.2 Å². The number of pyridine rings is 1. The molecule has 0 spiro atoms. The fourth-order valence-electron chi connectivity index (χ4n) is 6.18. The van der Waals surface area contributed by atoms with E-state index in [2.05, 4.69) is 33.0 Å². The molecule has 0 radical (unpaired) electrons. The topological polar surface area (TPSA) is 42.2 Å². The largest absolute Gasteiger partial charge is 0.307 e. The molecule has 0 amide bonds. The molecule has 2 heterocycles. The molecule has 2 aromatic rings. The van der Waals surface area contributed by atoms with E-state index in [9.17, 15) is 0 Å². The smallest absolute Gasteiger partial charge is 0.160 e. The van der Waals surface area contributed by atoms with Crippen molar-refractivity contribution >= 4 is 5.65 Å². The van der Waals surface area contributed by atoms with Crippen LogP contribution in [0.4, 0.5) is 0 Å². The average Bonchev–Trinajstić information content (AvgIpc) is 2.94. The van der Waals surface area contributed by atoms with Crippen LogP contribution >= 0.6 is 0 Å². The molecule has 23 heavy (non-hydrogen) atoms. The predicted molar refractivity (Wildman–Crippen MR) is 89.9 cm³/mol. The van der Waals surface area contributed by atoms with Crippen molar-refractivity contribution in [2.24, 2.45) is 23.2 Å². The molecule has 0 aliphatic heterocycles. The summed E-state index contributed by atoms with van der Waals surface area (Å²) in [7, 11) is 0. The minimum atomic E-state index is 0.551. The molecule has 4 fully saturated rings. The Morgan fingerprint density at radius 3 is 2.52 bits per heavy atom. The van der Waals surface area contributed by atoms with Crippen molar-refractivity contribution in [1.82, 2.24) is 19.9 Å². The van der Waals surface area contributed by atoms with E-state index in [0.717, 1.165) is 35.8 Å². The van der Waals surface area contributed by atoms with Crippen molar-refractivity contribution < 1.29 is 0 Å². The molecule has 4 aliphatic rings. The Balaban J connectivity index is 1.33. The van der Waals surface area contributed by atoms with E-state index in [4.69, 9.17) is 0 Å². The maximum absolute atomic E-state index is 4.36. The summed E-state index contributed by atoms with van der Waals surface area (Å²) in [6.07, 6.45) is 11.0. The second kappa shape index (κ2) is 5.04. The third kappa shape index (κ3) is 2.22. The second-order valence-corrected chi connectivity index (χ2v) is 8.43. The highest BCUT2D eigenvalue weighted by Gasteiger charge is 2.52. The molecule has 4 aliphatic carbocycles. The lowest BCUT2D eigenvalue weighted by atomic mass is 9.48. The fraction of sp³-hybridized carbons (Fsp3) is 0.684. The van der Waals surface area contributed by atoms with E-state index < -0.39 is 0 Å². The van der Waals surface area contributed by atoms with Gasteiger partial charge in [-0.2, -0.15) is 0 Å². The molecule has 122 valence electrons. The number of nitrogens with zero attached hydrogens (tertiary/aromatic N) is 3. The van der Waals surface area contributed by atoms with Gasteiger partial charge in [0.05, 0.1) is 6.54 Å². The van der Waals surface area contributed by atoms with Crippen molar-refractivity contribution in [3.05, 3.63) is 30.2 Å². The van der Waals surface area contributed by atoms with Gasteiger partial charge in [0.1, 0.15) is 0 Å². The summed E-state index contributed by atoms with van der Waals surface area (Å²) >= 11 is 0. The zero-order valence-corrected chi connectivity index (χ0v) is 13.9. The number of nitrogens with one attached hydrogen (secondary N) is 1. The van der Waals surface area contributed by atoms with Gasteiger partial charge in [0.15, 0.2) is 11.5 Å². The first-order valence-corrected chi connectivity index (χ1v) is 9.24. The first-order valence-electron chi connectivity index (χ1n) is 9.24. The Morgan fingerprint density at radius 2 is 1.83 bits per heavy atom. The summed E-state index contributed by atoms with van der Waals surface area (Å²) in [6, 6.07) is 6.65.